The van der Waals surface area contributed by atoms with Gasteiger partial charge in [-0.2, -0.15) is 0 Å². The topological polar surface area (TPSA) is 43.3 Å². The minimum absolute atomic E-state index is 0.704. The first kappa shape index (κ1) is 11.7. The summed E-state index contributed by atoms with van der Waals surface area (Å²) in [6.45, 7) is 0. The summed E-state index contributed by atoms with van der Waals surface area (Å²) < 4.78 is 2.04. The second-order valence-electron chi connectivity index (χ2n) is 4.43. The van der Waals surface area contributed by atoms with Gasteiger partial charge in [-0.3, -0.25) is 4.40 Å². The molecule has 3 heterocycles. The lowest BCUT2D eigenvalue weighted by Gasteiger charge is -2.00. The zero-order chi connectivity index (χ0) is 13.5. The van der Waals surface area contributed by atoms with Crippen LogP contribution in [0, 0.1) is 0 Å². The summed E-state index contributed by atoms with van der Waals surface area (Å²) in [5, 5.41) is 4.18. The van der Waals surface area contributed by atoms with Crippen molar-refractivity contribution in [1.82, 2.24) is 9.38 Å². The second kappa shape index (κ2) is 4.47. The Morgan fingerprint density at radius 3 is 2.60 bits per heavy atom. The van der Waals surface area contributed by atoms with Gasteiger partial charge in [-0.05, 0) is 11.4 Å². The molecule has 1 aromatic carbocycles. The van der Waals surface area contributed by atoms with Crippen molar-refractivity contribution in [2.24, 2.45) is 0 Å². The number of benzene rings is 1. The molecule has 4 aromatic rings. The van der Waals surface area contributed by atoms with E-state index in [0.29, 0.717) is 5.82 Å². The standard InChI is InChI=1S/C15H11N3S2/c16-14-13(10-5-2-1-3-6-10)17-15-18(14)11(9-20-15)12-7-4-8-19-12/h1-9H,16H2. The zero-order valence-electron chi connectivity index (χ0n) is 10.5. The van der Waals surface area contributed by atoms with E-state index in [1.165, 1.54) is 4.88 Å². The Hall–Kier alpha value is -2.11. The molecule has 0 fully saturated rings. The lowest BCUT2D eigenvalue weighted by atomic mass is 10.1. The lowest BCUT2D eigenvalue weighted by Crippen LogP contribution is -1.94. The molecule has 2 N–H and O–H groups in total. The van der Waals surface area contributed by atoms with Crippen LogP contribution in [0.4, 0.5) is 5.82 Å². The van der Waals surface area contributed by atoms with Gasteiger partial charge in [-0.25, -0.2) is 4.98 Å². The van der Waals surface area contributed by atoms with Crippen LogP contribution in [-0.4, -0.2) is 9.38 Å². The average Bonchev–Trinajstić information content (AvgIpc) is 3.18. The fourth-order valence-corrected chi connectivity index (χ4v) is 3.99. The third kappa shape index (κ3) is 1.67. The van der Waals surface area contributed by atoms with Crippen LogP contribution in [0.25, 0.3) is 26.8 Å². The minimum Gasteiger partial charge on any atom is -0.383 e. The summed E-state index contributed by atoms with van der Waals surface area (Å²) in [5.41, 5.74) is 9.36. The van der Waals surface area contributed by atoms with Gasteiger partial charge in [0.1, 0.15) is 11.5 Å². The van der Waals surface area contributed by atoms with E-state index in [-0.39, 0.29) is 0 Å². The fourth-order valence-electron chi connectivity index (χ4n) is 2.29. The number of nitrogens with two attached hydrogens (primary N) is 1. The number of nitrogens with zero attached hydrogens (tertiary/aromatic N) is 2. The number of aromatic nitrogens is 2. The quantitative estimate of drug-likeness (QED) is 0.597. The highest BCUT2D eigenvalue weighted by Gasteiger charge is 2.16. The smallest absolute Gasteiger partial charge is 0.196 e. The Morgan fingerprint density at radius 2 is 1.85 bits per heavy atom. The minimum atomic E-state index is 0.704. The van der Waals surface area contributed by atoms with E-state index in [1.807, 2.05) is 34.7 Å². The molecule has 5 heteroatoms. The van der Waals surface area contributed by atoms with E-state index < -0.39 is 0 Å². The molecular formula is C15H11N3S2. The summed E-state index contributed by atoms with van der Waals surface area (Å²) in [5.74, 6) is 0.704. The molecule has 0 radical (unpaired) electrons. The van der Waals surface area contributed by atoms with Crippen LogP contribution in [0.5, 0.6) is 0 Å². The normalized spacial score (nSPS) is 11.2. The van der Waals surface area contributed by atoms with Crippen LogP contribution in [0.2, 0.25) is 0 Å². The summed E-state index contributed by atoms with van der Waals surface area (Å²) in [6, 6.07) is 14.2. The summed E-state index contributed by atoms with van der Waals surface area (Å²) in [7, 11) is 0. The van der Waals surface area contributed by atoms with Crippen LogP contribution in [0.1, 0.15) is 0 Å². The number of thiophene rings is 1. The van der Waals surface area contributed by atoms with Crippen molar-refractivity contribution >= 4 is 33.5 Å². The van der Waals surface area contributed by atoms with E-state index in [2.05, 4.69) is 27.9 Å². The highest BCUT2D eigenvalue weighted by atomic mass is 32.1. The first-order valence-electron chi connectivity index (χ1n) is 6.19. The fraction of sp³-hybridized carbons (Fsp3) is 0. The molecule has 0 aliphatic carbocycles. The predicted octanol–water partition coefficient (Wildman–Crippen LogP) is 4.37. The van der Waals surface area contributed by atoms with Crippen molar-refractivity contribution in [3.05, 3.63) is 53.2 Å². The van der Waals surface area contributed by atoms with Crippen LogP contribution in [0.15, 0.2) is 53.2 Å². The molecule has 0 saturated heterocycles. The van der Waals surface area contributed by atoms with Crippen LogP contribution < -0.4 is 5.73 Å². The Labute approximate surface area is 124 Å². The molecule has 3 aromatic heterocycles. The van der Waals surface area contributed by atoms with Gasteiger partial charge in [0.05, 0.1) is 10.6 Å². The van der Waals surface area contributed by atoms with Crippen molar-refractivity contribution in [2.45, 2.75) is 0 Å². The molecule has 0 bridgehead atoms. The van der Waals surface area contributed by atoms with Gasteiger partial charge in [0.15, 0.2) is 4.96 Å². The molecule has 3 nitrogen and oxygen atoms in total. The number of imidazole rings is 1. The molecule has 0 atom stereocenters. The van der Waals surface area contributed by atoms with Crippen LogP contribution in [0.3, 0.4) is 0 Å². The molecule has 0 aliphatic heterocycles. The Bertz CT molecular complexity index is 857. The summed E-state index contributed by atoms with van der Waals surface area (Å²) in [4.78, 5) is 6.82. The maximum atomic E-state index is 6.33. The molecular weight excluding hydrogens is 286 g/mol. The largest absolute Gasteiger partial charge is 0.383 e. The molecule has 0 amide bonds. The number of fused-ring (bicyclic) bond motifs is 1. The third-order valence-electron chi connectivity index (χ3n) is 3.22. The van der Waals surface area contributed by atoms with Gasteiger partial charge in [0, 0.05) is 10.9 Å². The number of nitrogen functional groups attached to an aromatic ring is 1. The number of hydrogen-bond donors (Lipinski definition) is 1. The number of thiazole rings is 1. The van der Waals surface area contributed by atoms with Crippen LogP contribution in [-0.2, 0) is 0 Å². The van der Waals surface area contributed by atoms with Gasteiger partial charge in [-0.15, -0.1) is 22.7 Å². The molecule has 0 aliphatic rings. The van der Waals surface area contributed by atoms with E-state index in [9.17, 15) is 0 Å². The van der Waals surface area contributed by atoms with Crippen molar-refractivity contribution in [3.8, 4) is 21.8 Å². The second-order valence-corrected chi connectivity index (χ2v) is 6.21. The van der Waals surface area contributed by atoms with Gasteiger partial charge in [0.2, 0.25) is 0 Å². The summed E-state index contributed by atoms with van der Waals surface area (Å²) >= 11 is 3.33. The van der Waals surface area contributed by atoms with Gasteiger partial charge >= 0.3 is 0 Å². The van der Waals surface area contributed by atoms with E-state index >= 15 is 0 Å². The third-order valence-corrected chi connectivity index (χ3v) is 4.94. The van der Waals surface area contributed by atoms with Gasteiger partial charge in [-0.1, -0.05) is 36.4 Å². The Morgan fingerprint density at radius 1 is 1.00 bits per heavy atom. The monoisotopic (exact) mass is 297 g/mol. The van der Waals surface area contributed by atoms with Crippen molar-refractivity contribution in [2.75, 3.05) is 5.73 Å². The molecule has 4 rings (SSSR count). The number of anilines is 1. The molecule has 98 valence electrons. The lowest BCUT2D eigenvalue weighted by molar-refractivity contribution is 1.25. The average molecular weight is 297 g/mol. The predicted molar refractivity (Wildman–Crippen MR) is 86.2 cm³/mol. The molecule has 0 unspecified atom stereocenters. The molecule has 20 heavy (non-hydrogen) atoms. The van der Waals surface area contributed by atoms with E-state index in [1.54, 1.807) is 22.7 Å². The molecule has 0 saturated carbocycles. The number of hydrogen-bond acceptors (Lipinski definition) is 4. The maximum absolute atomic E-state index is 6.33. The van der Waals surface area contributed by atoms with Gasteiger partial charge in [0.25, 0.3) is 0 Å². The van der Waals surface area contributed by atoms with Crippen molar-refractivity contribution < 1.29 is 0 Å². The van der Waals surface area contributed by atoms with E-state index in [0.717, 1.165) is 21.9 Å². The SMILES string of the molecule is Nc1c(-c2ccccc2)nc2scc(-c3cccs3)n12. The summed E-state index contributed by atoms with van der Waals surface area (Å²) in [6.07, 6.45) is 0. The number of rotatable bonds is 2. The molecule has 0 spiro atoms. The first-order valence-corrected chi connectivity index (χ1v) is 7.95. The maximum Gasteiger partial charge on any atom is 0.196 e. The van der Waals surface area contributed by atoms with Gasteiger partial charge < -0.3 is 5.73 Å². The highest BCUT2D eigenvalue weighted by molar-refractivity contribution is 7.17. The first-order chi connectivity index (χ1) is 9.84. The van der Waals surface area contributed by atoms with Crippen molar-refractivity contribution in [3.63, 3.8) is 0 Å². The zero-order valence-corrected chi connectivity index (χ0v) is 12.1. The van der Waals surface area contributed by atoms with Crippen LogP contribution >= 0.6 is 22.7 Å². The van der Waals surface area contributed by atoms with Crippen molar-refractivity contribution in [1.29, 1.82) is 0 Å². The highest BCUT2D eigenvalue weighted by Crippen LogP contribution is 2.35. The Balaban J connectivity index is 1.97. The Kier molecular flexibility index (Phi) is 2.61. The van der Waals surface area contributed by atoms with E-state index in [4.69, 9.17) is 5.73 Å².